The van der Waals surface area contributed by atoms with E-state index >= 15 is 0 Å². The van der Waals surface area contributed by atoms with Gasteiger partial charge in [-0.2, -0.15) is 0 Å². The molecule has 0 atom stereocenters. The SMILES string of the molecule is CCCNCCCCCCc1ccc(CC)s1. The lowest BCUT2D eigenvalue weighted by molar-refractivity contribution is 0.585. The Morgan fingerprint density at radius 1 is 0.941 bits per heavy atom. The van der Waals surface area contributed by atoms with Crippen LogP contribution in [0.5, 0.6) is 0 Å². The predicted molar refractivity (Wildman–Crippen MR) is 79.0 cm³/mol. The Bertz CT molecular complexity index is 280. The average molecular weight is 253 g/mol. The van der Waals surface area contributed by atoms with Gasteiger partial charge >= 0.3 is 0 Å². The maximum absolute atomic E-state index is 3.46. The summed E-state index contributed by atoms with van der Waals surface area (Å²) in [6.45, 7) is 6.83. The highest BCUT2D eigenvalue weighted by atomic mass is 32.1. The molecular formula is C15H27NS. The third-order valence-electron chi connectivity index (χ3n) is 3.02. The van der Waals surface area contributed by atoms with Gasteiger partial charge in [0.25, 0.3) is 0 Å². The molecule has 1 N–H and O–H groups in total. The van der Waals surface area contributed by atoms with E-state index in [0.29, 0.717) is 0 Å². The van der Waals surface area contributed by atoms with Crippen LogP contribution in [-0.2, 0) is 12.8 Å². The molecule has 0 aliphatic rings. The number of nitrogens with one attached hydrogen (secondary N) is 1. The van der Waals surface area contributed by atoms with Crippen LogP contribution in [0.3, 0.4) is 0 Å². The van der Waals surface area contributed by atoms with E-state index in [0.717, 1.165) is 0 Å². The van der Waals surface area contributed by atoms with Crippen LogP contribution in [0.1, 0.15) is 55.7 Å². The van der Waals surface area contributed by atoms with Crippen molar-refractivity contribution in [3.63, 3.8) is 0 Å². The van der Waals surface area contributed by atoms with E-state index in [1.54, 1.807) is 4.88 Å². The van der Waals surface area contributed by atoms with E-state index in [-0.39, 0.29) is 0 Å². The molecule has 0 amide bonds. The fourth-order valence-electron chi connectivity index (χ4n) is 1.95. The van der Waals surface area contributed by atoms with Crippen LogP contribution in [0.15, 0.2) is 12.1 Å². The number of thiophene rings is 1. The van der Waals surface area contributed by atoms with Gasteiger partial charge in [-0.15, -0.1) is 11.3 Å². The van der Waals surface area contributed by atoms with Gasteiger partial charge in [-0.1, -0.05) is 26.7 Å². The van der Waals surface area contributed by atoms with Gasteiger partial charge in [0.15, 0.2) is 0 Å². The van der Waals surface area contributed by atoms with Crippen molar-refractivity contribution in [2.45, 2.75) is 58.8 Å². The smallest absolute Gasteiger partial charge is 0.00481 e. The summed E-state index contributed by atoms with van der Waals surface area (Å²) >= 11 is 2.00. The van der Waals surface area contributed by atoms with E-state index in [1.807, 2.05) is 11.3 Å². The summed E-state index contributed by atoms with van der Waals surface area (Å²) in [4.78, 5) is 3.11. The molecule has 0 aliphatic carbocycles. The highest BCUT2D eigenvalue weighted by molar-refractivity contribution is 7.11. The second-order valence-electron chi connectivity index (χ2n) is 4.64. The normalized spacial score (nSPS) is 10.9. The molecule has 0 aliphatic heterocycles. The fourth-order valence-corrected chi connectivity index (χ4v) is 2.95. The van der Waals surface area contributed by atoms with Crippen molar-refractivity contribution in [2.75, 3.05) is 13.1 Å². The van der Waals surface area contributed by atoms with Crippen LogP contribution >= 0.6 is 11.3 Å². The van der Waals surface area contributed by atoms with E-state index in [1.165, 1.54) is 62.9 Å². The molecule has 1 aromatic heterocycles. The lowest BCUT2D eigenvalue weighted by Crippen LogP contribution is -2.15. The zero-order chi connectivity index (χ0) is 12.3. The Balaban J connectivity index is 1.93. The molecule has 2 heteroatoms. The molecule has 98 valence electrons. The number of rotatable bonds is 10. The molecule has 0 aromatic carbocycles. The quantitative estimate of drug-likeness (QED) is 0.609. The third kappa shape index (κ3) is 6.85. The zero-order valence-electron chi connectivity index (χ0n) is 11.4. The second kappa shape index (κ2) is 9.67. The van der Waals surface area contributed by atoms with Crippen LogP contribution in [0, 0.1) is 0 Å². The van der Waals surface area contributed by atoms with Gasteiger partial charge in [0.1, 0.15) is 0 Å². The van der Waals surface area contributed by atoms with E-state index in [2.05, 4.69) is 31.3 Å². The fraction of sp³-hybridized carbons (Fsp3) is 0.733. The molecule has 0 saturated heterocycles. The molecule has 1 aromatic rings. The van der Waals surface area contributed by atoms with Gasteiger partial charge in [0.05, 0.1) is 0 Å². The summed E-state index contributed by atoms with van der Waals surface area (Å²) in [6, 6.07) is 4.60. The first-order chi connectivity index (χ1) is 8.36. The van der Waals surface area contributed by atoms with Gasteiger partial charge in [0, 0.05) is 9.75 Å². The topological polar surface area (TPSA) is 12.0 Å². The van der Waals surface area contributed by atoms with Gasteiger partial charge in [-0.05, 0) is 57.3 Å². The first-order valence-electron chi connectivity index (χ1n) is 7.15. The van der Waals surface area contributed by atoms with Crippen molar-refractivity contribution in [3.8, 4) is 0 Å². The van der Waals surface area contributed by atoms with E-state index < -0.39 is 0 Å². The summed E-state index contributed by atoms with van der Waals surface area (Å²) in [6.07, 6.45) is 9.18. The number of unbranched alkanes of at least 4 members (excludes halogenated alkanes) is 3. The standard InChI is InChI=1S/C15H27NS/c1-3-12-16-13-8-6-5-7-9-15-11-10-14(4-2)17-15/h10-11,16H,3-9,12-13H2,1-2H3. The van der Waals surface area contributed by atoms with Crippen LogP contribution in [0.2, 0.25) is 0 Å². The van der Waals surface area contributed by atoms with Crippen LogP contribution in [0.25, 0.3) is 0 Å². The van der Waals surface area contributed by atoms with Gasteiger partial charge < -0.3 is 5.32 Å². The summed E-state index contributed by atoms with van der Waals surface area (Å²) in [7, 11) is 0. The Labute approximate surface area is 111 Å². The van der Waals surface area contributed by atoms with Crippen LogP contribution < -0.4 is 5.32 Å². The molecule has 0 unspecified atom stereocenters. The van der Waals surface area contributed by atoms with Crippen LogP contribution in [0.4, 0.5) is 0 Å². The van der Waals surface area contributed by atoms with Crippen molar-refractivity contribution in [1.82, 2.24) is 5.32 Å². The third-order valence-corrected chi connectivity index (χ3v) is 4.31. The molecule has 1 rings (SSSR count). The van der Waals surface area contributed by atoms with Crippen molar-refractivity contribution in [2.24, 2.45) is 0 Å². The molecule has 17 heavy (non-hydrogen) atoms. The number of hydrogen-bond acceptors (Lipinski definition) is 2. The molecule has 1 nitrogen and oxygen atoms in total. The minimum atomic E-state index is 1.18. The van der Waals surface area contributed by atoms with Crippen LogP contribution in [-0.4, -0.2) is 13.1 Å². The average Bonchev–Trinajstić information content (AvgIpc) is 2.80. The predicted octanol–water partition coefficient (Wildman–Crippen LogP) is 4.41. The first kappa shape index (κ1) is 14.7. The van der Waals surface area contributed by atoms with Gasteiger partial charge in [0.2, 0.25) is 0 Å². The molecule has 0 fully saturated rings. The highest BCUT2D eigenvalue weighted by Gasteiger charge is 1.98. The molecule has 0 radical (unpaired) electrons. The Morgan fingerprint density at radius 2 is 1.71 bits per heavy atom. The van der Waals surface area contributed by atoms with E-state index in [9.17, 15) is 0 Å². The summed E-state index contributed by atoms with van der Waals surface area (Å²) in [5.74, 6) is 0. The monoisotopic (exact) mass is 253 g/mol. The Hall–Kier alpha value is -0.340. The summed E-state index contributed by atoms with van der Waals surface area (Å²) in [5, 5.41) is 3.46. The largest absolute Gasteiger partial charge is 0.317 e. The Morgan fingerprint density at radius 3 is 2.41 bits per heavy atom. The molecule has 0 saturated carbocycles. The lowest BCUT2D eigenvalue weighted by Gasteiger charge is -2.02. The highest BCUT2D eigenvalue weighted by Crippen LogP contribution is 2.19. The van der Waals surface area contributed by atoms with Gasteiger partial charge in [-0.3, -0.25) is 0 Å². The summed E-state index contributed by atoms with van der Waals surface area (Å²) in [5.41, 5.74) is 0. The first-order valence-corrected chi connectivity index (χ1v) is 7.96. The minimum absolute atomic E-state index is 1.18. The molecule has 0 bridgehead atoms. The molecular weight excluding hydrogens is 226 g/mol. The molecule has 1 heterocycles. The van der Waals surface area contributed by atoms with Crippen molar-refractivity contribution in [1.29, 1.82) is 0 Å². The van der Waals surface area contributed by atoms with E-state index in [4.69, 9.17) is 0 Å². The summed E-state index contributed by atoms with van der Waals surface area (Å²) < 4.78 is 0. The van der Waals surface area contributed by atoms with Crippen molar-refractivity contribution in [3.05, 3.63) is 21.9 Å². The lowest BCUT2D eigenvalue weighted by atomic mass is 10.1. The maximum atomic E-state index is 3.46. The minimum Gasteiger partial charge on any atom is -0.317 e. The van der Waals surface area contributed by atoms with Gasteiger partial charge in [-0.25, -0.2) is 0 Å². The van der Waals surface area contributed by atoms with Crippen molar-refractivity contribution < 1.29 is 0 Å². The zero-order valence-corrected chi connectivity index (χ0v) is 12.2. The second-order valence-corrected chi connectivity index (χ2v) is 5.89. The number of hydrogen-bond donors (Lipinski definition) is 1. The number of aryl methyl sites for hydroxylation is 2. The van der Waals surface area contributed by atoms with Crippen molar-refractivity contribution >= 4 is 11.3 Å². The molecule has 0 spiro atoms. The Kier molecular flexibility index (Phi) is 8.37. The maximum Gasteiger partial charge on any atom is 0.00481 e.